The maximum absolute atomic E-state index is 12.7. The van der Waals surface area contributed by atoms with Gasteiger partial charge in [0.2, 0.25) is 5.06 Å². The van der Waals surface area contributed by atoms with Crippen LogP contribution in [-0.2, 0) is 10.0 Å². The molecule has 9 heteroatoms. The average Bonchev–Trinajstić information content (AvgIpc) is 2.96. The van der Waals surface area contributed by atoms with Crippen molar-refractivity contribution in [3.63, 3.8) is 0 Å². The number of benzene rings is 2. The number of thiophene rings is 1. The van der Waals surface area contributed by atoms with Gasteiger partial charge in [-0.05, 0) is 42.3 Å². The van der Waals surface area contributed by atoms with Crippen molar-refractivity contribution < 1.29 is 23.1 Å². The molecule has 3 rings (SSSR count). The Kier molecular flexibility index (Phi) is 5.41. The van der Waals surface area contributed by atoms with Crippen molar-refractivity contribution in [2.45, 2.75) is 11.8 Å². The second-order valence-corrected chi connectivity index (χ2v) is 8.66. The van der Waals surface area contributed by atoms with E-state index in [-0.39, 0.29) is 15.6 Å². The Hall–Kier alpha value is -2.55. The van der Waals surface area contributed by atoms with E-state index in [1.807, 2.05) is 0 Å². The Labute approximate surface area is 165 Å². The molecule has 0 saturated carbocycles. The van der Waals surface area contributed by atoms with Crippen LogP contribution >= 0.6 is 22.9 Å². The van der Waals surface area contributed by atoms with E-state index in [0.717, 1.165) is 11.3 Å². The topological polar surface area (TPSA) is 92.7 Å². The van der Waals surface area contributed by atoms with E-state index in [1.165, 1.54) is 12.1 Å². The number of ether oxygens (including phenoxy) is 1. The van der Waals surface area contributed by atoms with Gasteiger partial charge in [0.15, 0.2) is 0 Å². The minimum Gasteiger partial charge on any atom is -0.449 e. The van der Waals surface area contributed by atoms with E-state index in [0.29, 0.717) is 21.0 Å². The molecular formula is C18H14ClNO5S2. The highest BCUT2D eigenvalue weighted by Gasteiger charge is 2.22. The lowest BCUT2D eigenvalue weighted by molar-refractivity contribution is 0.146. The summed E-state index contributed by atoms with van der Waals surface area (Å²) in [7, 11) is -3.92. The fourth-order valence-electron chi connectivity index (χ4n) is 2.44. The zero-order valence-corrected chi connectivity index (χ0v) is 16.4. The first-order valence-corrected chi connectivity index (χ1v) is 10.3. The third-order valence-corrected chi connectivity index (χ3v) is 6.44. The summed E-state index contributed by atoms with van der Waals surface area (Å²) in [6.45, 7) is 1.67. The first-order chi connectivity index (χ1) is 12.8. The van der Waals surface area contributed by atoms with Crippen LogP contribution in [0.1, 0.15) is 5.56 Å². The summed E-state index contributed by atoms with van der Waals surface area (Å²) < 4.78 is 32.6. The Bertz CT molecular complexity index is 1110. The van der Waals surface area contributed by atoms with Gasteiger partial charge in [-0.15, -0.1) is 0 Å². The monoisotopic (exact) mass is 423 g/mol. The van der Waals surface area contributed by atoms with Crippen LogP contribution in [-0.4, -0.2) is 19.7 Å². The molecular weight excluding hydrogens is 410 g/mol. The lowest BCUT2D eigenvalue weighted by atomic mass is 10.2. The van der Waals surface area contributed by atoms with Crippen LogP contribution in [0.15, 0.2) is 59.5 Å². The number of carbonyl (C=O) groups is 1. The van der Waals surface area contributed by atoms with Crippen molar-refractivity contribution in [3.05, 3.63) is 65.2 Å². The molecule has 1 heterocycles. The number of rotatable bonds is 5. The summed E-state index contributed by atoms with van der Waals surface area (Å²) in [6.07, 6.45) is -1.54. The fraction of sp³-hybridized carbons (Fsp3) is 0.0556. The summed E-state index contributed by atoms with van der Waals surface area (Å²) >= 11 is 7.00. The van der Waals surface area contributed by atoms with Crippen molar-refractivity contribution in [1.29, 1.82) is 0 Å². The van der Waals surface area contributed by atoms with Crippen LogP contribution in [0.5, 0.6) is 5.06 Å². The molecule has 140 valence electrons. The number of carboxylic acid groups (broad SMARTS) is 1. The molecule has 0 saturated heterocycles. The maximum atomic E-state index is 12.7. The SMILES string of the molecule is Cc1ccccc1S(=O)(=O)Nc1cc(-c2cccc(Cl)c2)sc1OC(=O)O. The largest absolute Gasteiger partial charge is 0.512 e. The average molecular weight is 424 g/mol. The quantitative estimate of drug-likeness (QED) is 0.548. The van der Waals surface area contributed by atoms with Crippen molar-refractivity contribution in [1.82, 2.24) is 0 Å². The molecule has 2 aromatic carbocycles. The van der Waals surface area contributed by atoms with Gasteiger partial charge in [0, 0.05) is 9.90 Å². The van der Waals surface area contributed by atoms with Crippen LogP contribution < -0.4 is 9.46 Å². The third kappa shape index (κ3) is 4.41. The smallest absolute Gasteiger partial charge is 0.449 e. The van der Waals surface area contributed by atoms with E-state index in [4.69, 9.17) is 21.4 Å². The van der Waals surface area contributed by atoms with E-state index in [1.54, 1.807) is 49.4 Å². The second kappa shape index (κ2) is 7.59. The maximum Gasteiger partial charge on any atom is 0.512 e. The molecule has 3 aromatic rings. The first-order valence-electron chi connectivity index (χ1n) is 7.65. The standard InChI is InChI=1S/C18H14ClNO5S2/c1-11-5-2-3-8-16(11)27(23,24)20-14-10-15(26-17(14)25-18(21)22)12-6-4-7-13(19)9-12/h2-10,20H,1H3,(H,21,22). The third-order valence-electron chi connectivity index (χ3n) is 3.61. The summed E-state index contributed by atoms with van der Waals surface area (Å²) in [5.41, 5.74) is 1.32. The number of hydrogen-bond acceptors (Lipinski definition) is 5. The van der Waals surface area contributed by atoms with Gasteiger partial charge >= 0.3 is 6.16 Å². The molecule has 0 unspecified atom stereocenters. The van der Waals surface area contributed by atoms with Crippen LogP contribution in [0.2, 0.25) is 5.02 Å². The fourth-order valence-corrected chi connectivity index (χ4v) is 4.95. The van der Waals surface area contributed by atoms with Crippen LogP contribution in [0.4, 0.5) is 10.5 Å². The van der Waals surface area contributed by atoms with E-state index >= 15 is 0 Å². The molecule has 2 N–H and O–H groups in total. The molecule has 0 amide bonds. The Morgan fingerprint density at radius 3 is 2.56 bits per heavy atom. The molecule has 0 aliphatic carbocycles. The number of hydrogen-bond donors (Lipinski definition) is 2. The van der Waals surface area contributed by atoms with Gasteiger partial charge in [0.05, 0.1) is 4.90 Å². The molecule has 0 atom stereocenters. The molecule has 6 nitrogen and oxygen atoms in total. The van der Waals surface area contributed by atoms with Crippen molar-refractivity contribution >= 4 is 44.8 Å². The molecule has 0 aliphatic heterocycles. The highest BCUT2D eigenvalue weighted by Crippen LogP contribution is 2.42. The lowest BCUT2D eigenvalue weighted by Gasteiger charge is -2.10. The van der Waals surface area contributed by atoms with E-state index in [2.05, 4.69) is 4.72 Å². The number of anilines is 1. The predicted octanol–water partition coefficient (Wildman–Crippen LogP) is 5.23. The molecule has 0 fully saturated rings. The molecule has 1 aromatic heterocycles. The highest BCUT2D eigenvalue weighted by atomic mass is 35.5. The normalized spacial score (nSPS) is 11.2. The van der Waals surface area contributed by atoms with Crippen molar-refractivity contribution in [2.75, 3.05) is 4.72 Å². The van der Waals surface area contributed by atoms with Gasteiger partial charge in [0.25, 0.3) is 10.0 Å². The zero-order chi connectivity index (χ0) is 19.6. The summed E-state index contributed by atoms with van der Waals surface area (Å²) in [5.74, 6) is 0. The Balaban J connectivity index is 2.03. The van der Waals surface area contributed by atoms with Gasteiger partial charge in [-0.25, -0.2) is 13.2 Å². The van der Waals surface area contributed by atoms with Crippen LogP contribution in [0, 0.1) is 6.92 Å². The van der Waals surface area contributed by atoms with Gasteiger partial charge in [-0.3, -0.25) is 4.72 Å². The van der Waals surface area contributed by atoms with Crippen LogP contribution in [0.3, 0.4) is 0 Å². The number of nitrogens with one attached hydrogen (secondary N) is 1. The number of sulfonamides is 1. The summed E-state index contributed by atoms with van der Waals surface area (Å²) in [6, 6.07) is 14.9. The summed E-state index contributed by atoms with van der Waals surface area (Å²) in [5, 5.41) is 9.39. The highest BCUT2D eigenvalue weighted by molar-refractivity contribution is 7.92. The number of halogens is 1. The van der Waals surface area contributed by atoms with Crippen molar-refractivity contribution in [3.8, 4) is 15.5 Å². The number of aryl methyl sites for hydroxylation is 1. The second-order valence-electron chi connectivity index (χ2n) is 5.56. The van der Waals surface area contributed by atoms with E-state index < -0.39 is 16.2 Å². The molecule has 27 heavy (non-hydrogen) atoms. The van der Waals surface area contributed by atoms with Crippen molar-refractivity contribution in [2.24, 2.45) is 0 Å². The summed E-state index contributed by atoms with van der Waals surface area (Å²) in [4.78, 5) is 11.7. The minimum atomic E-state index is -3.92. The molecule has 0 aliphatic rings. The van der Waals surface area contributed by atoms with Gasteiger partial charge < -0.3 is 9.84 Å². The van der Waals surface area contributed by atoms with Gasteiger partial charge in [-0.2, -0.15) is 0 Å². The van der Waals surface area contributed by atoms with Gasteiger partial charge in [0.1, 0.15) is 5.69 Å². The van der Waals surface area contributed by atoms with E-state index in [9.17, 15) is 13.2 Å². The zero-order valence-electron chi connectivity index (χ0n) is 14.0. The first kappa shape index (κ1) is 19.2. The Morgan fingerprint density at radius 1 is 1.15 bits per heavy atom. The van der Waals surface area contributed by atoms with Gasteiger partial charge in [-0.1, -0.05) is 53.3 Å². The molecule has 0 radical (unpaired) electrons. The molecule has 0 bridgehead atoms. The predicted molar refractivity (Wildman–Crippen MR) is 105 cm³/mol. The lowest BCUT2D eigenvalue weighted by Crippen LogP contribution is -2.15. The van der Waals surface area contributed by atoms with Crippen LogP contribution in [0.25, 0.3) is 10.4 Å². The molecule has 0 spiro atoms. The Morgan fingerprint density at radius 2 is 1.89 bits per heavy atom. The minimum absolute atomic E-state index is 0.0422.